The maximum atomic E-state index is 13.3. The first-order valence-corrected chi connectivity index (χ1v) is 16.8. The van der Waals surface area contributed by atoms with E-state index in [1.54, 1.807) is 20.8 Å². The molecule has 18 nitrogen and oxygen atoms in total. The van der Waals surface area contributed by atoms with Crippen LogP contribution in [0.15, 0.2) is 33.7 Å². The van der Waals surface area contributed by atoms with Crippen molar-refractivity contribution in [1.29, 1.82) is 0 Å². The maximum Gasteiger partial charge on any atom is 0.407 e. The summed E-state index contributed by atoms with van der Waals surface area (Å²) in [5, 5.41) is 30.8. The molecule has 0 radical (unpaired) electrons. The molecule has 1 aliphatic carbocycles. The number of allylic oxidation sites excluding steroid dienone is 1. The minimum Gasteiger partial charge on any atom is -0.477 e. The molecule has 4 heterocycles. The van der Waals surface area contributed by atoms with E-state index in [4.69, 9.17) is 15.3 Å². The van der Waals surface area contributed by atoms with Crippen molar-refractivity contribution in [3.05, 3.63) is 29.2 Å². The van der Waals surface area contributed by atoms with Crippen LogP contribution in [0.4, 0.5) is 9.93 Å². The predicted molar refractivity (Wildman–Crippen MR) is 167 cm³/mol. The number of hydrogen-bond donors (Lipinski definition) is 4. The number of aliphatic carboxylic acids is 1. The lowest BCUT2D eigenvalue weighted by molar-refractivity contribution is -0.150. The summed E-state index contributed by atoms with van der Waals surface area (Å²) in [6.07, 6.45) is 4.40. The number of aromatic nitrogens is 6. The van der Waals surface area contributed by atoms with Gasteiger partial charge in [0.25, 0.3) is 11.8 Å². The van der Waals surface area contributed by atoms with Gasteiger partial charge in [-0.05, 0) is 55.7 Å². The second-order valence-corrected chi connectivity index (χ2v) is 13.9. The Balaban J connectivity index is 1.22. The summed E-state index contributed by atoms with van der Waals surface area (Å²) in [7, 11) is 0. The number of fused-ring (bicyclic) bond motifs is 1. The highest BCUT2D eigenvalue weighted by molar-refractivity contribution is 8.01. The molecule has 1 fully saturated rings. The van der Waals surface area contributed by atoms with Gasteiger partial charge >= 0.3 is 12.1 Å². The fourth-order valence-corrected chi connectivity index (χ4v) is 7.32. The number of nitrogens with zero attached hydrogens (tertiary/aromatic N) is 8. The van der Waals surface area contributed by atoms with Gasteiger partial charge in [0.1, 0.15) is 28.8 Å². The van der Waals surface area contributed by atoms with E-state index in [1.165, 1.54) is 33.1 Å². The zero-order chi connectivity index (χ0) is 33.0. The Morgan fingerprint density at radius 2 is 2.11 bits per heavy atom. The number of thioether (sulfide) groups is 2. The molecule has 0 bridgehead atoms. The summed E-state index contributed by atoms with van der Waals surface area (Å²) in [5.41, 5.74) is 5.15. The Bertz CT molecular complexity index is 1600. The number of oxime groups is 1. The van der Waals surface area contributed by atoms with Crippen LogP contribution < -0.4 is 16.4 Å². The molecule has 0 spiro atoms. The van der Waals surface area contributed by atoms with E-state index in [9.17, 15) is 24.3 Å². The van der Waals surface area contributed by atoms with Crippen molar-refractivity contribution in [2.75, 3.05) is 23.8 Å². The number of anilines is 1. The summed E-state index contributed by atoms with van der Waals surface area (Å²) in [5.74, 6) is -2.21. The smallest absolute Gasteiger partial charge is 0.407 e. The Hall–Kier alpha value is -4.24. The standard InChI is InChI=1S/C25H31N11O7S3/c1-25(2,3)42-24(41)27-8-9-35-23(30-33-34-35)45-11-12-10-44-20-15(19(38)36(20)16(12)21(39)40)28-18(37)14(17-29-22(26)46-32-17)31-43-13-6-4-5-7-13/h4,6,13,15,20H,5,7-11H2,1-3H3,(H,27,41)(H,28,37)(H,39,40)(H2,26,29,32)/b31-14-/t13?,15?,20-/m1/s1. The summed E-state index contributed by atoms with van der Waals surface area (Å²) in [6, 6.07) is -1.02. The van der Waals surface area contributed by atoms with Crippen LogP contribution in [0.5, 0.6) is 0 Å². The monoisotopic (exact) mass is 693 g/mol. The molecular weight excluding hydrogens is 663 g/mol. The molecule has 21 heteroatoms. The molecule has 3 aliphatic rings. The number of carbonyl (C=O) groups excluding carboxylic acids is 3. The first-order valence-electron chi connectivity index (χ1n) is 14.0. The fraction of sp³-hybridized carbons (Fsp3) is 0.520. The minimum atomic E-state index is -1.28. The van der Waals surface area contributed by atoms with Crippen LogP contribution in [0.1, 0.15) is 39.4 Å². The van der Waals surface area contributed by atoms with Gasteiger partial charge in [0.2, 0.25) is 16.7 Å². The van der Waals surface area contributed by atoms with Crippen molar-refractivity contribution in [2.45, 2.75) is 68.4 Å². The lowest BCUT2D eigenvalue weighted by Gasteiger charge is -2.49. The Labute approximate surface area is 274 Å². The Kier molecular flexibility index (Phi) is 10.1. The van der Waals surface area contributed by atoms with Crippen LogP contribution in [0, 0.1) is 0 Å². The number of nitrogens with one attached hydrogen (secondary N) is 2. The topological polar surface area (TPSA) is 242 Å². The molecule has 5 rings (SSSR count). The van der Waals surface area contributed by atoms with Crippen molar-refractivity contribution in [3.63, 3.8) is 0 Å². The van der Waals surface area contributed by atoms with Crippen LogP contribution in [0.3, 0.4) is 0 Å². The summed E-state index contributed by atoms with van der Waals surface area (Å²) < 4.78 is 10.7. The van der Waals surface area contributed by atoms with Crippen molar-refractivity contribution < 1.29 is 33.9 Å². The molecule has 2 unspecified atom stereocenters. The molecule has 1 saturated heterocycles. The minimum absolute atomic E-state index is 0.0460. The Morgan fingerprint density at radius 3 is 2.78 bits per heavy atom. The van der Waals surface area contributed by atoms with Gasteiger partial charge in [-0.1, -0.05) is 23.0 Å². The Morgan fingerprint density at radius 1 is 1.30 bits per heavy atom. The highest BCUT2D eigenvalue weighted by Crippen LogP contribution is 2.41. The summed E-state index contributed by atoms with van der Waals surface area (Å²) in [6.45, 7) is 5.72. The first kappa shape index (κ1) is 33.1. The number of nitrogens with two attached hydrogens (primary N) is 1. The van der Waals surface area contributed by atoms with E-state index in [0.717, 1.165) is 18.0 Å². The van der Waals surface area contributed by atoms with Gasteiger partial charge in [-0.25, -0.2) is 14.3 Å². The second-order valence-electron chi connectivity index (χ2n) is 11.1. The summed E-state index contributed by atoms with van der Waals surface area (Å²) >= 11 is 3.38. The quantitative estimate of drug-likeness (QED) is 0.0782. The number of ether oxygens (including phenoxy) is 1. The van der Waals surface area contributed by atoms with Crippen molar-refractivity contribution in [2.24, 2.45) is 5.16 Å². The van der Waals surface area contributed by atoms with Gasteiger partial charge in [0.15, 0.2) is 5.13 Å². The maximum absolute atomic E-state index is 13.3. The fourth-order valence-electron chi connectivity index (χ4n) is 4.50. The summed E-state index contributed by atoms with van der Waals surface area (Å²) in [4.78, 5) is 61.5. The third-order valence-corrected chi connectivity index (χ3v) is 9.44. The van der Waals surface area contributed by atoms with Crippen molar-refractivity contribution >= 4 is 69.8 Å². The third-order valence-electron chi connectivity index (χ3n) is 6.52. The highest BCUT2D eigenvalue weighted by Gasteiger charge is 2.54. The van der Waals surface area contributed by atoms with Gasteiger partial charge in [0.05, 0.1) is 6.54 Å². The van der Waals surface area contributed by atoms with Crippen LogP contribution in [0.2, 0.25) is 0 Å². The largest absolute Gasteiger partial charge is 0.477 e. The van der Waals surface area contributed by atoms with Gasteiger partial charge < -0.3 is 31.0 Å². The van der Waals surface area contributed by atoms with Crippen molar-refractivity contribution in [3.8, 4) is 0 Å². The SMILES string of the molecule is CC(C)(C)OC(=O)NCCn1nnnc1SCC1=C(C(=O)O)N2C(=O)C(NC(=O)/C(=N\OC3C=CCC3)c3nsc(N)n3)[C@H]2SC1. The molecule has 246 valence electrons. The van der Waals surface area contributed by atoms with E-state index in [1.807, 2.05) is 12.2 Å². The number of amides is 3. The molecule has 2 aliphatic heterocycles. The van der Waals surface area contributed by atoms with E-state index < -0.39 is 40.9 Å². The number of β-lactam (4-membered cyclic amide) rings is 1. The molecular formula is C25H31N11O7S3. The number of rotatable bonds is 12. The molecule has 0 aromatic carbocycles. The van der Waals surface area contributed by atoms with E-state index in [2.05, 4.69) is 40.7 Å². The average molecular weight is 694 g/mol. The number of hydrogen-bond acceptors (Lipinski definition) is 16. The molecule has 3 amide bonds. The van der Waals surface area contributed by atoms with Crippen LogP contribution in [-0.2, 0) is 30.5 Å². The molecule has 5 N–H and O–H groups in total. The lowest BCUT2D eigenvalue weighted by atomic mass is 10.0. The number of carbonyl (C=O) groups is 4. The zero-order valence-corrected chi connectivity index (χ0v) is 27.4. The number of carboxylic acid groups (broad SMARTS) is 1. The van der Waals surface area contributed by atoms with Gasteiger partial charge in [-0.2, -0.15) is 9.36 Å². The van der Waals surface area contributed by atoms with Crippen LogP contribution in [0.25, 0.3) is 0 Å². The first-order chi connectivity index (χ1) is 21.9. The number of nitrogen functional groups attached to an aromatic ring is 1. The molecule has 2 aromatic heterocycles. The third kappa shape index (κ3) is 7.76. The number of alkyl carbamates (subject to hydrolysis) is 1. The predicted octanol–water partition coefficient (Wildman–Crippen LogP) is 0.602. The van der Waals surface area contributed by atoms with E-state index in [0.29, 0.717) is 17.2 Å². The van der Waals surface area contributed by atoms with Crippen molar-refractivity contribution in [1.82, 2.24) is 45.1 Å². The highest BCUT2D eigenvalue weighted by atomic mass is 32.2. The van der Waals surface area contributed by atoms with Crippen LogP contribution >= 0.6 is 35.1 Å². The molecule has 0 saturated carbocycles. The van der Waals surface area contributed by atoms with E-state index >= 15 is 0 Å². The van der Waals surface area contributed by atoms with E-state index in [-0.39, 0.29) is 53.1 Å². The van der Waals surface area contributed by atoms with Gasteiger partial charge in [-0.15, -0.1) is 16.9 Å². The molecule has 2 aromatic rings. The lowest BCUT2D eigenvalue weighted by Crippen LogP contribution is -2.71. The second kappa shape index (κ2) is 14.0. The average Bonchev–Trinajstić information content (AvgIpc) is 3.76. The molecule has 3 atom stereocenters. The van der Waals surface area contributed by atoms with Gasteiger partial charge in [0, 0.05) is 29.6 Å². The van der Waals surface area contributed by atoms with Crippen LogP contribution in [-0.4, -0.2) is 110 Å². The normalized spacial score (nSPS) is 21.1. The zero-order valence-electron chi connectivity index (χ0n) is 24.9. The number of tetrazole rings is 1. The molecule has 46 heavy (non-hydrogen) atoms. The van der Waals surface area contributed by atoms with Gasteiger partial charge in [-0.3, -0.25) is 14.5 Å². The number of carboxylic acids is 1.